The summed E-state index contributed by atoms with van der Waals surface area (Å²) in [7, 11) is 0. The van der Waals surface area contributed by atoms with Gasteiger partial charge in [0, 0.05) is 35.9 Å². The maximum Gasteiger partial charge on any atom is 0.419 e. The fourth-order valence-electron chi connectivity index (χ4n) is 3.11. The summed E-state index contributed by atoms with van der Waals surface area (Å²) in [6, 6.07) is 10.2. The van der Waals surface area contributed by atoms with Crippen LogP contribution in [0, 0.1) is 5.82 Å². The first-order valence-corrected chi connectivity index (χ1v) is 8.59. The van der Waals surface area contributed by atoms with Gasteiger partial charge >= 0.3 is 6.18 Å². The molecule has 146 valence electrons. The van der Waals surface area contributed by atoms with Crippen LogP contribution in [0.25, 0.3) is 21.7 Å². The molecule has 0 radical (unpaired) electrons. The Kier molecular flexibility index (Phi) is 4.62. The first kappa shape index (κ1) is 18.8. The van der Waals surface area contributed by atoms with Gasteiger partial charge in [0.25, 0.3) is 5.91 Å². The molecule has 0 saturated heterocycles. The topological polar surface area (TPSA) is 54.9 Å². The first-order chi connectivity index (χ1) is 13.8. The monoisotopic (exact) mass is 399 g/mol. The number of halogens is 4. The number of amides is 1. The van der Waals surface area contributed by atoms with Crippen molar-refractivity contribution < 1.29 is 22.4 Å². The Morgan fingerprint density at radius 1 is 1.03 bits per heavy atom. The van der Waals surface area contributed by atoms with Crippen LogP contribution < -0.4 is 5.32 Å². The van der Waals surface area contributed by atoms with Crippen molar-refractivity contribution in [2.24, 2.45) is 0 Å². The third-order valence-corrected chi connectivity index (χ3v) is 4.55. The van der Waals surface area contributed by atoms with Crippen molar-refractivity contribution in [3.63, 3.8) is 0 Å². The fourth-order valence-corrected chi connectivity index (χ4v) is 3.11. The summed E-state index contributed by atoms with van der Waals surface area (Å²) in [6.07, 6.45) is -0.269. The lowest BCUT2D eigenvalue weighted by molar-refractivity contribution is -0.139. The Morgan fingerprint density at radius 2 is 1.86 bits per heavy atom. The molecule has 0 bridgehead atoms. The summed E-state index contributed by atoms with van der Waals surface area (Å²) in [5, 5.41) is 4.74. The van der Waals surface area contributed by atoms with E-state index in [2.05, 4.69) is 15.3 Å². The number of fused-ring (bicyclic) bond motifs is 2. The van der Waals surface area contributed by atoms with E-state index in [0.29, 0.717) is 6.07 Å². The van der Waals surface area contributed by atoms with E-state index in [1.54, 1.807) is 12.4 Å². The summed E-state index contributed by atoms with van der Waals surface area (Å²) in [5.74, 6) is -1.88. The van der Waals surface area contributed by atoms with Gasteiger partial charge in [-0.25, -0.2) is 4.39 Å². The molecule has 29 heavy (non-hydrogen) atoms. The molecule has 2 aromatic heterocycles. The van der Waals surface area contributed by atoms with Gasteiger partial charge in [0.15, 0.2) is 0 Å². The molecular weight excluding hydrogens is 386 g/mol. The third kappa shape index (κ3) is 3.73. The number of nitrogens with one attached hydrogen (secondary N) is 1. The van der Waals surface area contributed by atoms with Gasteiger partial charge < -0.3 is 5.32 Å². The van der Waals surface area contributed by atoms with Crippen LogP contribution in [0.2, 0.25) is 0 Å². The molecule has 0 saturated carbocycles. The smallest absolute Gasteiger partial charge is 0.348 e. The highest BCUT2D eigenvalue weighted by Gasteiger charge is 2.34. The molecule has 0 spiro atoms. The quantitative estimate of drug-likeness (QED) is 0.500. The molecule has 0 atom stereocenters. The van der Waals surface area contributed by atoms with Gasteiger partial charge in [-0.3, -0.25) is 14.8 Å². The zero-order chi connectivity index (χ0) is 20.6. The van der Waals surface area contributed by atoms with E-state index in [1.165, 1.54) is 12.3 Å². The average Bonchev–Trinajstić information content (AvgIpc) is 2.70. The van der Waals surface area contributed by atoms with E-state index >= 15 is 0 Å². The number of carbonyl (C=O) groups excluding carboxylic acids is 1. The van der Waals surface area contributed by atoms with Crippen molar-refractivity contribution in [3.8, 4) is 0 Å². The average molecular weight is 399 g/mol. The molecule has 1 N–H and O–H groups in total. The molecule has 1 amide bonds. The van der Waals surface area contributed by atoms with Gasteiger partial charge in [0.1, 0.15) is 5.82 Å². The Morgan fingerprint density at radius 3 is 2.66 bits per heavy atom. The van der Waals surface area contributed by atoms with E-state index < -0.39 is 23.5 Å². The van der Waals surface area contributed by atoms with Crippen LogP contribution in [-0.4, -0.2) is 15.9 Å². The molecule has 4 nitrogen and oxygen atoms in total. The van der Waals surface area contributed by atoms with Gasteiger partial charge in [-0.1, -0.05) is 18.2 Å². The maximum atomic E-state index is 13.8. The minimum absolute atomic E-state index is 0.0446. The van der Waals surface area contributed by atoms with Gasteiger partial charge in [-0.2, -0.15) is 13.2 Å². The minimum atomic E-state index is -4.82. The highest BCUT2D eigenvalue weighted by Crippen LogP contribution is 2.33. The Hall–Kier alpha value is -3.55. The Balaban J connectivity index is 1.58. The third-order valence-electron chi connectivity index (χ3n) is 4.55. The van der Waals surface area contributed by atoms with E-state index in [1.807, 2.05) is 24.3 Å². The first-order valence-electron chi connectivity index (χ1n) is 8.59. The lowest BCUT2D eigenvalue weighted by Gasteiger charge is -2.11. The van der Waals surface area contributed by atoms with Crippen LogP contribution >= 0.6 is 0 Å². The highest BCUT2D eigenvalue weighted by atomic mass is 19.4. The van der Waals surface area contributed by atoms with Crippen molar-refractivity contribution in [2.75, 3.05) is 0 Å². The SMILES string of the molecule is O=C(NCc1cccc2cnccc12)c1cnc2cc(C(F)(F)F)c(F)cc2c1. The second kappa shape index (κ2) is 7.12. The number of benzene rings is 2. The summed E-state index contributed by atoms with van der Waals surface area (Å²) in [5.41, 5.74) is -0.427. The number of pyridine rings is 2. The van der Waals surface area contributed by atoms with Gasteiger partial charge in [0.05, 0.1) is 16.6 Å². The van der Waals surface area contributed by atoms with E-state index in [-0.39, 0.29) is 23.0 Å². The standard InChI is InChI=1S/C21H13F4N3O/c22-18-7-14-6-15(11-27-19(14)8-17(18)21(23,24)25)20(29)28-10-13-3-1-2-12-9-26-5-4-16(12)13/h1-9,11H,10H2,(H,28,29). The number of rotatable bonds is 3. The Bertz CT molecular complexity index is 1230. The van der Waals surface area contributed by atoms with Crippen molar-refractivity contribution >= 4 is 27.6 Å². The molecule has 2 heterocycles. The lowest BCUT2D eigenvalue weighted by Crippen LogP contribution is -2.23. The highest BCUT2D eigenvalue weighted by molar-refractivity contribution is 5.97. The predicted octanol–water partition coefficient (Wildman–Crippen LogP) is 4.87. The minimum Gasteiger partial charge on any atom is -0.348 e. The second-order valence-electron chi connectivity index (χ2n) is 6.44. The molecule has 4 rings (SSSR count). The molecular formula is C21H13F4N3O. The van der Waals surface area contributed by atoms with E-state index in [4.69, 9.17) is 0 Å². The normalized spacial score (nSPS) is 11.7. The Labute approximate surface area is 162 Å². The van der Waals surface area contributed by atoms with Crippen LogP contribution in [0.4, 0.5) is 17.6 Å². The van der Waals surface area contributed by atoms with Gasteiger partial charge in [-0.05, 0) is 35.2 Å². The lowest BCUT2D eigenvalue weighted by atomic mass is 10.1. The van der Waals surface area contributed by atoms with Crippen LogP contribution in [0.5, 0.6) is 0 Å². The largest absolute Gasteiger partial charge is 0.419 e. The second-order valence-corrected chi connectivity index (χ2v) is 6.44. The van der Waals surface area contributed by atoms with Crippen LogP contribution in [0.15, 0.2) is 61.1 Å². The van der Waals surface area contributed by atoms with Crippen molar-refractivity contribution in [3.05, 3.63) is 83.6 Å². The van der Waals surface area contributed by atoms with Crippen LogP contribution in [-0.2, 0) is 12.7 Å². The summed E-state index contributed by atoms with van der Waals surface area (Å²) < 4.78 is 52.3. The molecule has 8 heteroatoms. The van der Waals surface area contributed by atoms with E-state index in [0.717, 1.165) is 22.4 Å². The van der Waals surface area contributed by atoms with Gasteiger partial charge in [-0.15, -0.1) is 0 Å². The molecule has 0 unspecified atom stereocenters. The molecule has 0 aliphatic rings. The number of alkyl halides is 3. The van der Waals surface area contributed by atoms with Crippen molar-refractivity contribution in [1.82, 2.24) is 15.3 Å². The number of hydrogen-bond donors (Lipinski definition) is 1. The van der Waals surface area contributed by atoms with Crippen molar-refractivity contribution in [1.29, 1.82) is 0 Å². The molecule has 0 fully saturated rings. The van der Waals surface area contributed by atoms with Crippen LogP contribution in [0.1, 0.15) is 21.5 Å². The number of aromatic nitrogens is 2. The summed E-state index contributed by atoms with van der Waals surface area (Å²) >= 11 is 0. The molecule has 0 aliphatic heterocycles. The predicted molar refractivity (Wildman–Crippen MR) is 99.6 cm³/mol. The molecule has 0 aliphatic carbocycles. The molecule has 2 aromatic carbocycles. The number of hydrogen-bond acceptors (Lipinski definition) is 3. The molecule has 4 aromatic rings. The zero-order valence-electron chi connectivity index (χ0n) is 14.8. The van der Waals surface area contributed by atoms with Gasteiger partial charge in [0.2, 0.25) is 0 Å². The van der Waals surface area contributed by atoms with Crippen molar-refractivity contribution in [2.45, 2.75) is 12.7 Å². The fraction of sp³-hybridized carbons (Fsp3) is 0.0952. The zero-order valence-corrected chi connectivity index (χ0v) is 14.8. The summed E-state index contributed by atoms with van der Waals surface area (Å²) in [4.78, 5) is 20.4. The van der Waals surface area contributed by atoms with Crippen LogP contribution in [0.3, 0.4) is 0 Å². The summed E-state index contributed by atoms with van der Waals surface area (Å²) in [6.45, 7) is 0.236. The maximum absolute atomic E-state index is 13.8. The number of carbonyl (C=O) groups is 1. The number of nitrogens with zero attached hydrogens (tertiary/aromatic N) is 2. The van der Waals surface area contributed by atoms with E-state index in [9.17, 15) is 22.4 Å².